The summed E-state index contributed by atoms with van der Waals surface area (Å²) in [6.07, 6.45) is 15.8. The summed E-state index contributed by atoms with van der Waals surface area (Å²) in [6, 6.07) is 0. The van der Waals surface area contributed by atoms with Gasteiger partial charge in [-0.3, -0.25) is 0 Å². The molecule has 3 fully saturated rings. The minimum Gasteiger partial charge on any atom is -0.393 e. The van der Waals surface area contributed by atoms with Gasteiger partial charge >= 0.3 is 0 Å². The number of allylic oxidation sites excluding steroid dienone is 3. The molecule has 0 aliphatic heterocycles. The Morgan fingerprint density at radius 3 is 2.50 bits per heavy atom. The summed E-state index contributed by atoms with van der Waals surface area (Å²) in [6.45, 7) is 17.2. The molecule has 0 aromatic rings. The van der Waals surface area contributed by atoms with E-state index in [1.54, 1.807) is 0 Å². The SMILES string of the molecule is C/C(=C/CCC(C)[C@@H]1CC[C@]2(C)C3=CCC4C(C)(C)C(O)CC[C@]4(C)C3CC[C@@]12C)CO. The van der Waals surface area contributed by atoms with Crippen molar-refractivity contribution < 1.29 is 10.2 Å². The minimum absolute atomic E-state index is 0.0175. The highest BCUT2D eigenvalue weighted by Gasteiger charge is 2.65. The lowest BCUT2D eigenvalue weighted by Crippen LogP contribution is -2.58. The Hall–Kier alpha value is -0.600. The summed E-state index contributed by atoms with van der Waals surface area (Å²) in [5, 5.41) is 20.1. The van der Waals surface area contributed by atoms with Gasteiger partial charge in [-0.25, -0.2) is 0 Å². The Balaban J connectivity index is 1.59. The van der Waals surface area contributed by atoms with Gasteiger partial charge in [0.25, 0.3) is 0 Å². The van der Waals surface area contributed by atoms with Gasteiger partial charge in [-0.15, -0.1) is 0 Å². The molecule has 0 bridgehead atoms. The van der Waals surface area contributed by atoms with Gasteiger partial charge < -0.3 is 10.2 Å². The third-order valence-corrected chi connectivity index (χ3v) is 11.9. The van der Waals surface area contributed by atoms with Gasteiger partial charge in [0.05, 0.1) is 12.7 Å². The summed E-state index contributed by atoms with van der Waals surface area (Å²) >= 11 is 0. The minimum atomic E-state index is -0.153. The molecule has 0 aromatic heterocycles. The molecule has 182 valence electrons. The van der Waals surface area contributed by atoms with Crippen molar-refractivity contribution in [1.82, 2.24) is 0 Å². The molecule has 4 aliphatic carbocycles. The van der Waals surface area contributed by atoms with Crippen molar-refractivity contribution in [1.29, 1.82) is 0 Å². The molecule has 0 saturated heterocycles. The Labute approximate surface area is 198 Å². The van der Waals surface area contributed by atoms with Crippen molar-refractivity contribution in [2.75, 3.05) is 6.61 Å². The molecule has 32 heavy (non-hydrogen) atoms. The second-order valence-electron chi connectivity index (χ2n) is 13.6. The van der Waals surface area contributed by atoms with E-state index in [0.717, 1.165) is 36.7 Å². The summed E-state index contributed by atoms with van der Waals surface area (Å²) < 4.78 is 0. The van der Waals surface area contributed by atoms with Crippen LogP contribution in [0.2, 0.25) is 0 Å². The van der Waals surface area contributed by atoms with Crippen LogP contribution in [0.4, 0.5) is 0 Å². The first kappa shape index (κ1) is 24.5. The lowest BCUT2D eigenvalue weighted by atomic mass is 9.41. The first-order valence-corrected chi connectivity index (χ1v) is 13.6. The first-order valence-electron chi connectivity index (χ1n) is 13.6. The van der Waals surface area contributed by atoms with E-state index < -0.39 is 0 Å². The Morgan fingerprint density at radius 2 is 1.81 bits per heavy atom. The standard InChI is InChI=1S/C30H50O2/c1-20(19-31)9-8-10-21(2)22-13-17-30(7)24-11-12-25-27(3,4)26(32)15-16-28(25,5)23(24)14-18-29(22,30)6/h9,11,21-23,25-26,31-32H,8,10,12-19H2,1-7H3/b20-9-/t21?,22-,23?,25?,26?,28+,29-,30+/m0/s1. The van der Waals surface area contributed by atoms with E-state index in [1.165, 1.54) is 38.5 Å². The fourth-order valence-electron chi connectivity index (χ4n) is 9.51. The van der Waals surface area contributed by atoms with Crippen molar-refractivity contribution in [2.24, 2.45) is 45.3 Å². The van der Waals surface area contributed by atoms with E-state index in [2.05, 4.69) is 53.7 Å². The van der Waals surface area contributed by atoms with Crippen LogP contribution < -0.4 is 0 Å². The van der Waals surface area contributed by atoms with Gasteiger partial charge in [0.1, 0.15) is 0 Å². The third kappa shape index (κ3) is 3.41. The molecule has 0 heterocycles. The first-order chi connectivity index (χ1) is 14.9. The average Bonchev–Trinajstić information content (AvgIpc) is 3.02. The quantitative estimate of drug-likeness (QED) is 0.438. The highest BCUT2D eigenvalue weighted by molar-refractivity contribution is 5.33. The number of aliphatic hydroxyl groups excluding tert-OH is 2. The van der Waals surface area contributed by atoms with Crippen molar-refractivity contribution in [3.8, 4) is 0 Å². The highest BCUT2D eigenvalue weighted by atomic mass is 16.3. The van der Waals surface area contributed by atoms with Crippen molar-refractivity contribution >= 4 is 0 Å². The molecule has 2 nitrogen and oxygen atoms in total. The summed E-state index contributed by atoms with van der Waals surface area (Å²) in [5.74, 6) is 2.83. The normalized spacial score (nSPS) is 46.7. The molecule has 8 atom stereocenters. The van der Waals surface area contributed by atoms with Crippen molar-refractivity contribution in [3.63, 3.8) is 0 Å². The van der Waals surface area contributed by atoms with Crippen LogP contribution in [-0.4, -0.2) is 22.9 Å². The van der Waals surface area contributed by atoms with Crippen molar-refractivity contribution in [3.05, 3.63) is 23.3 Å². The van der Waals surface area contributed by atoms with E-state index in [1.807, 2.05) is 12.5 Å². The molecule has 0 radical (unpaired) electrons. The Morgan fingerprint density at radius 1 is 1.09 bits per heavy atom. The summed E-state index contributed by atoms with van der Waals surface area (Å²) in [7, 11) is 0. The van der Waals surface area contributed by atoms with Gasteiger partial charge in [-0.05, 0) is 110 Å². The van der Waals surface area contributed by atoms with Gasteiger partial charge in [-0.2, -0.15) is 0 Å². The van der Waals surface area contributed by atoms with E-state index in [-0.39, 0.29) is 18.1 Å². The lowest BCUT2D eigenvalue weighted by molar-refractivity contribution is -0.131. The smallest absolute Gasteiger partial charge is 0.0639 e. The molecule has 4 rings (SSSR count). The van der Waals surface area contributed by atoms with E-state index in [0.29, 0.717) is 28.1 Å². The van der Waals surface area contributed by atoms with Crippen LogP contribution in [0.1, 0.15) is 106 Å². The average molecular weight is 443 g/mol. The second kappa shape index (κ2) is 8.26. The predicted octanol–water partition coefficient (Wildman–Crippen LogP) is 7.31. The topological polar surface area (TPSA) is 40.5 Å². The molecule has 4 aliphatic rings. The Kier molecular flexibility index (Phi) is 6.33. The van der Waals surface area contributed by atoms with Crippen LogP contribution in [0.15, 0.2) is 23.3 Å². The van der Waals surface area contributed by atoms with Crippen molar-refractivity contribution in [2.45, 2.75) is 112 Å². The molecule has 2 heteroatoms. The fraction of sp³-hybridized carbons (Fsp3) is 0.867. The molecule has 0 spiro atoms. The number of aliphatic hydroxyl groups is 2. The van der Waals surface area contributed by atoms with E-state index >= 15 is 0 Å². The summed E-state index contributed by atoms with van der Waals surface area (Å²) in [4.78, 5) is 0. The predicted molar refractivity (Wildman–Crippen MR) is 134 cm³/mol. The van der Waals surface area contributed by atoms with Crippen LogP contribution in [0.3, 0.4) is 0 Å². The van der Waals surface area contributed by atoms with Gasteiger partial charge in [0, 0.05) is 0 Å². The van der Waals surface area contributed by atoms with Crippen LogP contribution in [-0.2, 0) is 0 Å². The number of hydrogen-bond donors (Lipinski definition) is 2. The van der Waals surface area contributed by atoms with Crippen LogP contribution >= 0.6 is 0 Å². The molecule has 0 amide bonds. The molecule has 2 N–H and O–H groups in total. The number of fused-ring (bicyclic) bond motifs is 5. The monoisotopic (exact) mass is 442 g/mol. The molecule has 3 saturated carbocycles. The maximum Gasteiger partial charge on any atom is 0.0639 e. The van der Waals surface area contributed by atoms with E-state index in [4.69, 9.17) is 0 Å². The van der Waals surface area contributed by atoms with Gasteiger partial charge in [0.15, 0.2) is 0 Å². The highest BCUT2D eigenvalue weighted by Crippen LogP contribution is 2.73. The van der Waals surface area contributed by atoms with Crippen LogP contribution in [0, 0.1) is 45.3 Å². The third-order valence-electron chi connectivity index (χ3n) is 11.9. The zero-order chi connectivity index (χ0) is 23.5. The van der Waals surface area contributed by atoms with Crippen LogP contribution in [0.25, 0.3) is 0 Å². The molecular weight excluding hydrogens is 392 g/mol. The maximum atomic E-state index is 10.8. The zero-order valence-corrected chi connectivity index (χ0v) is 22.0. The zero-order valence-electron chi connectivity index (χ0n) is 22.0. The lowest BCUT2D eigenvalue weighted by Gasteiger charge is -2.64. The van der Waals surface area contributed by atoms with E-state index in [9.17, 15) is 10.2 Å². The largest absolute Gasteiger partial charge is 0.393 e. The number of hydrogen-bond acceptors (Lipinski definition) is 2. The van der Waals surface area contributed by atoms with Crippen LogP contribution in [0.5, 0.6) is 0 Å². The maximum absolute atomic E-state index is 10.8. The Bertz CT molecular complexity index is 778. The molecule has 4 unspecified atom stereocenters. The second-order valence-corrected chi connectivity index (χ2v) is 13.6. The van der Waals surface area contributed by atoms with Gasteiger partial charge in [-0.1, -0.05) is 64.8 Å². The van der Waals surface area contributed by atoms with Gasteiger partial charge in [0.2, 0.25) is 0 Å². The fourth-order valence-corrected chi connectivity index (χ4v) is 9.51. The number of rotatable bonds is 5. The molecule has 0 aromatic carbocycles. The molecular formula is C30H50O2. The summed E-state index contributed by atoms with van der Waals surface area (Å²) in [5.41, 5.74) is 4.01.